The molecular weight excluding hydrogens is 239 g/mol. The minimum absolute atomic E-state index is 0.356. The molecule has 1 N–H and O–H groups in total. The number of aromatic nitrogens is 2. The van der Waals surface area contributed by atoms with Crippen LogP contribution in [0.5, 0.6) is 0 Å². The van der Waals surface area contributed by atoms with E-state index in [2.05, 4.69) is 5.10 Å². The lowest BCUT2D eigenvalue weighted by atomic mass is 10.3. The van der Waals surface area contributed by atoms with E-state index in [0.717, 1.165) is 6.07 Å². The SMILES string of the molecule is Cc1cc(=O)c(C(=O)O)nn1-c1cccc(F)c1. The zero-order chi connectivity index (χ0) is 13.3. The molecule has 0 atom stereocenters. The van der Waals surface area contributed by atoms with Gasteiger partial charge in [-0.1, -0.05) is 6.07 Å². The van der Waals surface area contributed by atoms with E-state index in [4.69, 9.17) is 5.11 Å². The minimum atomic E-state index is -1.41. The molecule has 0 unspecified atom stereocenters. The molecule has 0 amide bonds. The number of nitrogens with zero attached hydrogens (tertiary/aromatic N) is 2. The Labute approximate surface area is 101 Å². The summed E-state index contributed by atoms with van der Waals surface area (Å²) in [6, 6.07) is 6.67. The standard InChI is InChI=1S/C12H9FN2O3/c1-7-5-10(16)11(12(17)18)14-15(7)9-4-2-3-8(13)6-9/h2-6H,1H3,(H,17,18). The minimum Gasteiger partial charge on any atom is -0.476 e. The van der Waals surface area contributed by atoms with Crippen LogP contribution in [0.1, 0.15) is 16.2 Å². The topological polar surface area (TPSA) is 72.2 Å². The lowest BCUT2D eigenvalue weighted by Crippen LogP contribution is -2.22. The molecule has 6 heteroatoms. The molecule has 0 aliphatic rings. The Morgan fingerprint density at radius 1 is 1.39 bits per heavy atom. The van der Waals surface area contributed by atoms with Crippen LogP contribution >= 0.6 is 0 Å². The first-order valence-electron chi connectivity index (χ1n) is 5.09. The van der Waals surface area contributed by atoms with Crippen LogP contribution in [0.25, 0.3) is 5.69 Å². The molecule has 2 aromatic rings. The smallest absolute Gasteiger partial charge is 0.360 e. The maximum Gasteiger partial charge on any atom is 0.360 e. The third kappa shape index (κ3) is 2.13. The summed E-state index contributed by atoms with van der Waals surface area (Å²) in [5.41, 5.74) is -0.483. The van der Waals surface area contributed by atoms with Crippen molar-refractivity contribution in [3.05, 3.63) is 57.8 Å². The van der Waals surface area contributed by atoms with Crippen molar-refractivity contribution in [1.82, 2.24) is 9.78 Å². The van der Waals surface area contributed by atoms with Crippen LogP contribution in [0, 0.1) is 12.7 Å². The van der Waals surface area contributed by atoms with Crippen molar-refractivity contribution in [2.75, 3.05) is 0 Å². The Bertz CT molecular complexity index is 679. The Morgan fingerprint density at radius 2 is 2.11 bits per heavy atom. The van der Waals surface area contributed by atoms with Crippen molar-refractivity contribution >= 4 is 5.97 Å². The van der Waals surface area contributed by atoms with E-state index < -0.39 is 22.9 Å². The van der Waals surface area contributed by atoms with Crippen molar-refractivity contribution in [2.24, 2.45) is 0 Å². The van der Waals surface area contributed by atoms with Crippen molar-refractivity contribution in [3.63, 3.8) is 0 Å². The number of halogens is 1. The molecule has 2 rings (SSSR count). The molecular formula is C12H9FN2O3. The summed E-state index contributed by atoms with van der Waals surface area (Å²) in [7, 11) is 0. The summed E-state index contributed by atoms with van der Waals surface area (Å²) in [6.45, 7) is 1.59. The Morgan fingerprint density at radius 3 is 2.72 bits per heavy atom. The Hall–Kier alpha value is -2.50. The van der Waals surface area contributed by atoms with Crippen LogP contribution in [0.4, 0.5) is 4.39 Å². The van der Waals surface area contributed by atoms with Crippen molar-refractivity contribution in [1.29, 1.82) is 0 Å². The summed E-state index contributed by atoms with van der Waals surface area (Å²) in [5, 5.41) is 12.6. The molecule has 0 aliphatic carbocycles. The van der Waals surface area contributed by atoms with Gasteiger partial charge in [0.15, 0.2) is 0 Å². The number of benzene rings is 1. The van der Waals surface area contributed by atoms with Gasteiger partial charge in [-0.15, -0.1) is 0 Å². The molecule has 5 nitrogen and oxygen atoms in total. The van der Waals surface area contributed by atoms with Gasteiger partial charge < -0.3 is 5.11 Å². The lowest BCUT2D eigenvalue weighted by Gasteiger charge is -2.09. The third-order valence-electron chi connectivity index (χ3n) is 2.36. The van der Waals surface area contributed by atoms with E-state index >= 15 is 0 Å². The number of carboxylic acids is 1. The van der Waals surface area contributed by atoms with Gasteiger partial charge in [-0.3, -0.25) is 4.79 Å². The first-order valence-corrected chi connectivity index (χ1v) is 5.09. The average Bonchev–Trinajstić information content (AvgIpc) is 2.28. The second-order valence-electron chi connectivity index (χ2n) is 3.70. The van der Waals surface area contributed by atoms with Crippen LogP contribution < -0.4 is 5.43 Å². The number of carbonyl (C=O) groups is 1. The number of hydrogen-bond acceptors (Lipinski definition) is 3. The zero-order valence-electron chi connectivity index (χ0n) is 9.42. The fourth-order valence-corrected chi connectivity index (χ4v) is 1.56. The molecule has 0 bridgehead atoms. The zero-order valence-corrected chi connectivity index (χ0v) is 9.42. The van der Waals surface area contributed by atoms with Gasteiger partial charge in [0.25, 0.3) is 0 Å². The van der Waals surface area contributed by atoms with E-state index in [-0.39, 0.29) is 0 Å². The van der Waals surface area contributed by atoms with Gasteiger partial charge in [0.05, 0.1) is 5.69 Å². The third-order valence-corrected chi connectivity index (χ3v) is 2.36. The normalized spacial score (nSPS) is 10.3. The molecule has 0 saturated heterocycles. The van der Waals surface area contributed by atoms with Crippen LogP contribution in [-0.2, 0) is 0 Å². The quantitative estimate of drug-likeness (QED) is 0.871. The summed E-state index contributed by atoms with van der Waals surface area (Å²) >= 11 is 0. The molecule has 92 valence electrons. The number of carboxylic acid groups (broad SMARTS) is 1. The van der Waals surface area contributed by atoms with Crippen molar-refractivity contribution < 1.29 is 14.3 Å². The highest BCUT2D eigenvalue weighted by Gasteiger charge is 2.13. The predicted molar refractivity (Wildman–Crippen MR) is 61.5 cm³/mol. The molecule has 0 spiro atoms. The van der Waals surface area contributed by atoms with Crippen molar-refractivity contribution in [2.45, 2.75) is 6.92 Å². The second kappa shape index (κ2) is 4.40. The Balaban J connectivity index is 2.68. The molecule has 1 aromatic carbocycles. The number of hydrogen-bond donors (Lipinski definition) is 1. The summed E-state index contributed by atoms with van der Waals surface area (Å²) in [6.07, 6.45) is 0. The van der Waals surface area contributed by atoms with Crippen LogP contribution in [-0.4, -0.2) is 20.9 Å². The highest BCUT2D eigenvalue weighted by Crippen LogP contribution is 2.10. The van der Waals surface area contributed by atoms with Crippen LogP contribution in [0.3, 0.4) is 0 Å². The number of aromatic carboxylic acids is 1. The van der Waals surface area contributed by atoms with Gasteiger partial charge in [-0.2, -0.15) is 5.10 Å². The summed E-state index contributed by atoms with van der Waals surface area (Å²) < 4.78 is 14.3. The fourth-order valence-electron chi connectivity index (χ4n) is 1.56. The maximum absolute atomic E-state index is 13.1. The van der Waals surface area contributed by atoms with Gasteiger partial charge in [0, 0.05) is 11.8 Å². The van der Waals surface area contributed by atoms with Crippen molar-refractivity contribution in [3.8, 4) is 5.69 Å². The predicted octanol–water partition coefficient (Wildman–Crippen LogP) is 1.38. The van der Waals surface area contributed by atoms with Gasteiger partial charge in [-0.05, 0) is 25.1 Å². The van der Waals surface area contributed by atoms with Gasteiger partial charge >= 0.3 is 5.97 Å². The van der Waals surface area contributed by atoms with E-state index in [1.165, 1.54) is 22.9 Å². The molecule has 0 aliphatic heterocycles. The molecule has 1 heterocycles. The second-order valence-corrected chi connectivity index (χ2v) is 3.70. The molecule has 1 aromatic heterocycles. The highest BCUT2D eigenvalue weighted by atomic mass is 19.1. The monoisotopic (exact) mass is 248 g/mol. The first-order chi connectivity index (χ1) is 8.49. The summed E-state index contributed by atoms with van der Waals surface area (Å²) in [5.74, 6) is -1.88. The highest BCUT2D eigenvalue weighted by molar-refractivity contribution is 5.84. The van der Waals surface area contributed by atoms with E-state index in [1.54, 1.807) is 13.0 Å². The average molecular weight is 248 g/mol. The molecule has 0 fully saturated rings. The van der Waals surface area contributed by atoms with Crippen LogP contribution in [0.2, 0.25) is 0 Å². The van der Waals surface area contributed by atoms with Crippen LogP contribution in [0.15, 0.2) is 35.1 Å². The van der Waals surface area contributed by atoms with Gasteiger partial charge in [0.2, 0.25) is 11.1 Å². The van der Waals surface area contributed by atoms with Gasteiger partial charge in [-0.25, -0.2) is 13.9 Å². The molecule has 18 heavy (non-hydrogen) atoms. The van der Waals surface area contributed by atoms with E-state index in [0.29, 0.717) is 11.4 Å². The van der Waals surface area contributed by atoms with E-state index in [9.17, 15) is 14.0 Å². The Kier molecular flexibility index (Phi) is 2.93. The maximum atomic E-state index is 13.1. The first kappa shape index (κ1) is 12.0. The summed E-state index contributed by atoms with van der Waals surface area (Å²) in [4.78, 5) is 22.2. The lowest BCUT2D eigenvalue weighted by molar-refractivity contribution is 0.0686. The van der Waals surface area contributed by atoms with Gasteiger partial charge in [0.1, 0.15) is 5.82 Å². The van der Waals surface area contributed by atoms with E-state index in [1.807, 2.05) is 0 Å². The fraction of sp³-hybridized carbons (Fsp3) is 0.0833. The number of aryl methyl sites for hydroxylation is 1. The molecule has 0 saturated carbocycles. The molecule has 0 radical (unpaired) electrons. The largest absolute Gasteiger partial charge is 0.476 e. The number of rotatable bonds is 2.